The van der Waals surface area contributed by atoms with Gasteiger partial charge < -0.3 is 8.85 Å². The van der Waals surface area contributed by atoms with Crippen molar-refractivity contribution >= 4 is 9.28 Å². The Hall–Kier alpha value is 0.137. The highest BCUT2D eigenvalue weighted by molar-refractivity contribution is 6.46. The minimum absolute atomic E-state index is 0.309. The predicted octanol–water partition coefficient (Wildman–Crippen LogP) is 4.28. The van der Waals surface area contributed by atoms with Gasteiger partial charge in [0, 0.05) is 18.8 Å². The summed E-state index contributed by atoms with van der Waals surface area (Å²) in [5, 5.41) is 0. The molecule has 0 amide bonds. The first kappa shape index (κ1) is 16.2. The third-order valence-electron chi connectivity index (χ3n) is 4.11. The second-order valence-corrected chi connectivity index (χ2v) is 8.69. The lowest BCUT2D eigenvalue weighted by molar-refractivity contribution is 0.144. The molecule has 0 aromatic carbocycles. The molecule has 1 saturated carbocycles. The molecule has 0 radical (unpaired) electrons. The van der Waals surface area contributed by atoms with Crippen LogP contribution in [0.1, 0.15) is 66.7 Å². The summed E-state index contributed by atoms with van der Waals surface area (Å²) < 4.78 is 12.1. The Labute approximate surface area is 115 Å². The van der Waals surface area contributed by atoms with Crippen LogP contribution in [0.3, 0.4) is 0 Å². The molecule has 108 valence electrons. The van der Waals surface area contributed by atoms with E-state index in [9.17, 15) is 0 Å². The van der Waals surface area contributed by atoms with Crippen molar-refractivity contribution in [2.24, 2.45) is 11.3 Å². The fraction of sp³-hybridized carbons (Fsp3) is 1.00. The van der Waals surface area contributed by atoms with Gasteiger partial charge in [0.15, 0.2) is 0 Å². The summed E-state index contributed by atoms with van der Waals surface area (Å²) in [5.41, 5.74) is 0.959. The molecule has 18 heavy (non-hydrogen) atoms. The van der Waals surface area contributed by atoms with Gasteiger partial charge in [-0.05, 0) is 25.2 Å². The van der Waals surface area contributed by atoms with E-state index in [0.717, 1.165) is 19.1 Å². The molecule has 1 fully saturated rings. The van der Waals surface area contributed by atoms with Crippen LogP contribution in [0.4, 0.5) is 0 Å². The molecule has 1 rings (SSSR count). The van der Waals surface area contributed by atoms with E-state index in [1.165, 1.54) is 32.1 Å². The fourth-order valence-corrected chi connectivity index (χ4v) is 6.23. The van der Waals surface area contributed by atoms with Crippen molar-refractivity contribution in [2.45, 2.75) is 72.3 Å². The van der Waals surface area contributed by atoms with Gasteiger partial charge in [-0.25, -0.2) is 0 Å². The summed E-state index contributed by atoms with van der Waals surface area (Å²) >= 11 is 0. The summed E-state index contributed by atoms with van der Waals surface area (Å²) in [6, 6.07) is 0. The molecule has 1 aliphatic carbocycles. The van der Waals surface area contributed by atoms with Crippen molar-refractivity contribution in [1.29, 1.82) is 0 Å². The Bertz CT molecular complexity index is 213. The molecular weight excluding hydrogens is 240 g/mol. The topological polar surface area (TPSA) is 18.5 Å². The summed E-state index contributed by atoms with van der Waals surface area (Å²) in [6.07, 6.45) is 6.98. The highest BCUT2D eigenvalue weighted by Gasteiger charge is 2.41. The molecule has 3 heteroatoms. The predicted molar refractivity (Wildman–Crippen MR) is 80.2 cm³/mol. The summed E-state index contributed by atoms with van der Waals surface area (Å²) in [4.78, 5) is 0. The molecule has 0 aliphatic heterocycles. The Morgan fingerprint density at radius 2 is 1.50 bits per heavy atom. The minimum atomic E-state index is -1.55. The van der Waals surface area contributed by atoms with Crippen LogP contribution in [0.5, 0.6) is 0 Å². The molecule has 0 heterocycles. The molecule has 0 saturated heterocycles. The SMILES string of the molecule is CCO[SiH](OCC)C(C1CCCCC1)C(C)(C)C. The maximum Gasteiger partial charge on any atom is 0.325 e. The van der Waals surface area contributed by atoms with Gasteiger partial charge in [0.25, 0.3) is 0 Å². The third-order valence-corrected chi connectivity index (χ3v) is 7.57. The van der Waals surface area contributed by atoms with Crippen molar-refractivity contribution in [3.63, 3.8) is 0 Å². The average molecular weight is 273 g/mol. The van der Waals surface area contributed by atoms with Gasteiger partial charge >= 0.3 is 9.28 Å². The first-order chi connectivity index (χ1) is 8.50. The minimum Gasteiger partial charge on any atom is -0.397 e. The summed E-state index contributed by atoms with van der Waals surface area (Å²) in [7, 11) is -1.55. The first-order valence-corrected chi connectivity index (χ1v) is 9.34. The molecule has 1 unspecified atom stereocenters. The molecule has 2 nitrogen and oxygen atoms in total. The van der Waals surface area contributed by atoms with Crippen molar-refractivity contribution in [1.82, 2.24) is 0 Å². The van der Waals surface area contributed by atoms with Crippen molar-refractivity contribution in [3.8, 4) is 0 Å². The van der Waals surface area contributed by atoms with Gasteiger partial charge in [0.05, 0.1) is 0 Å². The number of rotatable bonds is 6. The second-order valence-electron chi connectivity index (χ2n) is 6.57. The monoisotopic (exact) mass is 272 g/mol. The van der Waals surface area contributed by atoms with Gasteiger partial charge in [-0.2, -0.15) is 0 Å². The fourth-order valence-electron chi connectivity index (χ4n) is 3.41. The van der Waals surface area contributed by atoms with Crippen LogP contribution in [0.2, 0.25) is 5.54 Å². The van der Waals surface area contributed by atoms with E-state index in [1.54, 1.807) is 0 Å². The van der Waals surface area contributed by atoms with Crippen LogP contribution in [-0.2, 0) is 8.85 Å². The zero-order valence-corrected chi connectivity index (χ0v) is 14.2. The zero-order valence-electron chi connectivity index (χ0n) is 13.0. The summed E-state index contributed by atoms with van der Waals surface area (Å²) in [5.74, 6) is 0.827. The standard InChI is InChI=1S/C15H32O2Si/c1-6-16-18(17-7-2)14(15(3,4)5)13-11-9-8-10-12-13/h13-14,18H,6-12H2,1-5H3. The van der Waals surface area contributed by atoms with Crippen LogP contribution in [0, 0.1) is 11.3 Å². The van der Waals surface area contributed by atoms with E-state index >= 15 is 0 Å². The Morgan fingerprint density at radius 3 is 1.89 bits per heavy atom. The quantitative estimate of drug-likeness (QED) is 0.672. The van der Waals surface area contributed by atoms with Gasteiger partial charge in [-0.15, -0.1) is 0 Å². The van der Waals surface area contributed by atoms with Crippen LogP contribution in [0.25, 0.3) is 0 Å². The lowest BCUT2D eigenvalue weighted by Gasteiger charge is -2.42. The maximum atomic E-state index is 6.04. The van der Waals surface area contributed by atoms with Crippen LogP contribution >= 0.6 is 0 Å². The Kier molecular flexibility index (Phi) is 6.89. The van der Waals surface area contributed by atoms with Crippen molar-refractivity contribution in [2.75, 3.05) is 13.2 Å². The molecule has 1 aliphatic rings. The van der Waals surface area contributed by atoms with Gasteiger partial charge in [0.1, 0.15) is 0 Å². The van der Waals surface area contributed by atoms with Gasteiger partial charge in [-0.3, -0.25) is 0 Å². The Morgan fingerprint density at radius 1 is 1.00 bits per heavy atom. The van der Waals surface area contributed by atoms with Crippen LogP contribution < -0.4 is 0 Å². The van der Waals surface area contributed by atoms with E-state index in [4.69, 9.17) is 8.85 Å². The molecule has 0 bridgehead atoms. The molecule has 1 atom stereocenters. The zero-order chi connectivity index (χ0) is 13.6. The number of hydrogen-bond donors (Lipinski definition) is 0. The largest absolute Gasteiger partial charge is 0.397 e. The highest BCUT2D eigenvalue weighted by Crippen LogP contribution is 2.46. The van der Waals surface area contributed by atoms with Crippen molar-refractivity contribution in [3.05, 3.63) is 0 Å². The molecule has 0 spiro atoms. The van der Waals surface area contributed by atoms with Crippen LogP contribution in [-0.4, -0.2) is 22.5 Å². The summed E-state index contributed by atoms with van der Waals surface area (Å²) in [6.45, 7) is 12.9. The van der Waals surface area contributed by atoms with E-state index < -0.39 is 9.28 Å². The van der Waals surface area contributed by atoms with E-state index in [2.05, 4.69) is 34.6 Å². The van der Waals surface area contributed by atoms with Gasteiger partial charge in [0.2, 0.25) is 0 Å². The highest BCUT2D eigenvalue weighted by atomic mass is 28.3. The smallest absolute Gasteiger partial charge is 0.325 e. The van der Waals surface area contributed by atoms with Gasteiger partial charge in [-0.1, -0.05) is 52.9 Å². The van der Waals surface area contributed by atoms with E-state index in [-0.39, 0.29) is 0 Å². The molecule has 0 N–H and O–H groups in total. The van der Waals surface area contributed by atoms with E-state index in [1.807, 2.05) is 0 Å². The number of hydrogen-bond acceptors (Lipinski definition) is 2. The average Bonchev–Trinajstić information content (AvgIpc) is 2.29. The van der Waals surface area contributed by atoms with Crippen LogP contribution in [0.15, 0.2) is 0 Å². The van der Waals surface area contributed by atoms with Crippen molar-refractivity contribution < 1.29 is 8.85 Å². The molecule has 0 aromatic rings. The second kappa shape index (κ2) is 7.66. The lowest BCUT2D eigenvalue weighted by Crippen LogP contribution is -2.41. The normalized spacial score (nSPS) is 20.3. The molecular formula is C15H32O2Si. The third kappa shape index (κ3) is 4.67. The Balaban J connectivity index is 2.80. The van der Waals surface area contributed by atoms with E-state index in [0.29, 0.717) is 11.0 Å². The lowest BCUT2D eigenvalue weighted by atomic mass is 9.77. The first-order valence-electron chi connectivity index (χ1n) is 7.73. The maximum absolute atomic E-state index is 6.04. The molecule has 0 aromatic heterocycles.